The molecule has 106 valence electrons. The van der Waals surface area contributed by atoms with Gasteiger partial charge in [-0.25, -0.2) is 17.5 Å². The highest BCUT2D eigenvalue weighted by atomic mass is 79.9. The summed E-state index contributed by atoms with van der Waals surface area (Å²) in [6.45, 7) is 1.88. The van der Waals surface area contributed by atoms with Crippen molar-refractivity contribution < 1.29 is 12.8 Å². The zero-order valence-electron chi connectivity index (χ0n) is 10.5. The van der Waals surface area contributed by atoms with E-state index in [1.807, 2.05) is 6.92 Å². The molecule has 1 aromatic carbocycles. The molecule has 1 aromatic rings. The fourth-order valence-corrected chi connectivity index (χ4v) is 4.51. The molecule has 0 amide bonds. The number of rotatable bonds is 3. The van der Waals surface area contributed by atoms with Crippen LogP contribution in [0, 0.1) is 5.82 Å². The van der Waals surface area contributed by atoms with Gasteiger partial charge in [-0.2, -0.15) is 0 Å². The van der Waals surface area contributed by atoms with E-state index in [1.165, 1.54) is 6.07 Å². The van der Waals surface area contributed by atoms with Crippen LogP contribution in [0.15, 0.2) is 21.5 Å². The van der Waals surface area contributed by atoms with Gasteiger partial charge in [0, 0.05) is 5.54 Å². The summed E-state index contributed by atoms with van der Waals surface area (Å²) in [5.74, 6) is -0.580. The van der Waals surface area contributed by atoms with Crippen LogP contribution in [0.3, 0.4) is 0 Å². The van der Waals surface area contributed by atoms with E-state index in [0.29, 0.717) is 0 Å². The fourth-order valence-electron chi connectivity index (χ4n) is 2.41. The van der Waals surface area contributed by atoms with Gasteiger partial charge < -0.3 is 5.73 Å². The molecule has 0 saturated heterocycles. The Balaban J connectivity index is 2.37. The van der Waals surface area contributed by atoms with Crippen LogP contribution in [-0.2, 0) is 10.0 Å². The normalized spacial score (nSPS) is 18.7. The summed E-state index contributed by atoms with van der Waals surface area (Å²) in [6.07, 6.45) is 3.60. The molecule has 0 atom stereocenters. The largest absolute Gasteiger partial charge is 0.398 e. The maximum Gasteiger partial charge on any atom is 0.243 e. The van der Waals surface area contributed by atoms with Crippen LogP contribution >= 0.6 is 15.9 Å². The minimum Gasteiger partial charge on any atom is -0.398 e. The van der Waals surface area contributed by atoms with Crippen LogP contribution in [0.5, 0.6) is 0 Å². The molecule has 1 saturated carbocycles. The number of benzene rings is 1. The van der Waals surface area contributed by atoms with Crippen LogP contribution in [0.25, 0.3) is 0 Å². The lowest BCUT2D eigenvalue weighted by atomic mass is 10.0. The fraction of sp³-hybridized carbons (Fsp3) is 0.500. The number of nitrogens with one attached hydrogen (secondary N) is 1. The Labute approximate surface area is 120 Å². The summed E-state index contributed by atoms with van der Waals surface area (Å²) >= 11 is 2.98. The highest BCUT2D eigenvalue weighted by Gasteiger charge is 2.34. The number of anilines is 1. The Morgan fingerprint density at radius 2 is 1.95 bits per heavy atom. The molecule has 2 rings (SSSR count). The van der Waals surface area contributed by atoms with E-state index in [2.05, 4.69) is 20.7 Å². The molecule has 0 heterocycles. The molecule has 1 aliphatic carbocycles. The molecule has 7 heteroatoms. The second-order valence-electron chi connectivity index (χ2n) is 5.18. The molecule has 1 fully saturated rings. The first kappa shape index (κ1) is 14.7. The SMILES string of the molecule is CC1(NS(=O)(=O)c2cc(Br)c(F)cc2N)CCCC1. The number of nitrogen functional groups attached to an aromatic ring is 1. The molecule has 1 aliphatic rings. The van der Waals surface area contributed by atoms with E-state index in [-0.39, 0.29) is 15.1 Å². The molecular weight excluding hydrogens is 335 g/mol. The zero-order chi connectivity index (χ0) is 14.3. The number of sulfonamides is 1. The van der Waals surface area contributed by atoms with Crippen LogP contribution in [-0.4, -0.2) is 14.0 Å². The third-order valence-corrected chi connectivity index (χ3v) is 5.73. The van der Waals surface area contributed by atoms with Gasteiger partial charge in [-0.15, -0.1) is 0 Å². The predicted molar refractivity (Wildman–Crippen MR) is 75.7 cm³/mol. The summed E-state index contributed by atoms with van der Waals surface area (Å²) in [4.78, 5) is -0.0890. The Hall–Kier alpha value is -0.660. The van der Waals surface area contributed by atoms with Crippen LogP contribution in [0.1, 0.15) is 32.6 Å². The smallest absolute Gasteiger partial charge is 0.243 e. The number of halogens is 2. The first-order valence-corrected chi connectivity index (χ1v) is 8.30. The Morgan fingerprint density at radius 1 is 1.37 bits per heavy atom. The second kappa shape index (κ2) is 5.03. The monoisotopic (exact) mass is 350 g/mol. The minimum absolute atomic E-state index is 0.0821. The van der Waals surface area contributed by atoms with Gasteiger partial charge in [0.25, 0.3) is 0 Å². The van der Waals surface area contributed by atoms with Gasteiger partial charge in [0.2, 0.25) is 10.0 Å². The van der Waals surface area contributed by atoms with E-state index in [0.717, 1.165) is 31.7 Å². The van der Waals surface area contributed by atoms with Crippen molar-refractivity contribution in [3.05, 3.63) is 22.4 Å². The van der Waals surface area contributed by atoms with Crippen molar-refractivity contribution in [3.8, 4) is 0 Å². The van der Waals surface area contributed by atoms with Gasteiger partial charge in [0.1, 0.15) is 10.7 Å². The van der Waals surface area contributed by atoms with Crippen molar-refractivity contribution >= 4 is 31.6 Å². The molecule has 0 radical (unpaired) electrons. The topological polar surface area (TPSA) is 72.2 Å². The molecule has 0 aliphatic heterocycles. The second-order valence-corrected chi connectivity index (χ2v) is 7.68. The van der Waals surface area contributed by atoms with Crippen LogP contribution in [0.2, 0.25) is 0 Å². The summed E-state index contributed by atoms with van der Waals surface area (Å²) < 4.78 is 40.7. The average molecular weight is 351 g/mol. The minimum atomic E-state index is -3.74. The third kappa shape index (κ3) is 3.09. The number of hydrogen-bond acceptors (Lipinski definition) is 3. The third-order valence-electron chi connectivity index (χ3n) is 3.43. The van der Waals surface area contributed by atoms with Crippen molar-refractivity contribution in [2.75, 3.05) is 5.73 Å². The van der Waals surface area contributed by atoms with Crippen molar-refractivity contribution in [1.82, 2.24) is 4.72 Å². The first-order valence-electron chi connectivity index (χ1n) is 6.02. The molecular formula is C12H16BrFN2O2S. The van der Waals surface area contributed by atoms with Crippen LogP contribution in [0.4, 0.5) is 10.1 Å². The Kier molecular flexibility index (Phi) is 3.90. The zero-order valence-corrected chi connectivity index (χ0v) is 12.9. The lowest BCUT2D eigenvalue weighted by Gasteiger charge is -2.25. The van der Waals surface area contributed by atoms with Gasteiger partial charge in [-0.05, 0) is 47.8 Å². The van der Waals surface area contributed by atoms with Gasteiger partial charge in [0.15, 0.2) is 0 Å². The molecule has 19 heavy (non-hydrogen) atoms. The highest BCUT2D eigenvalue weighted by molar-refractivity contribution is 9.10. The molecule has 0 unspecified atom stereocenters. The lowest BCUT2D eigenvalue weighted by molar-refractivity contribution is 0.427. The van der Waals surface area contributed by atoms with E-state index in [1.54, 1.807) is 0 Å². The summed E-state index contributed by atoms with van der Waals surface area (Å²) in [7, 11) is -3.74. The number of nitrogens with two attached hydrogens (primary N) is 1. The van der Waals surface area contributed by atoms with Crippen molar-refractivity contribution in [2.24, 2.45) is 0 Å². The van der Waals surface area contributed by atoms with Crippen molar-refractivity contribution in [3.63, 3.8) is 0 Å². The van der Waals surface area contributed by atoms with Gasteiger partial charge in [-0.3, -0.25) is 0 Å². The van der Waals surface area contributed by atoms with Gasteiger partial charge >= 0.3 is 0 Å². The molecule has 3 N–H and O–H groups in total. The summed E-state index contributed by atoms with van der Waals surface area (Å²) in [5.41, 5.74) is 5.09. The standard InChI is InChI=1S/C12H16BrFN2O2S/c1-12(4-2-3-5-12)16-19(17,18)11-6-8(13)9(14)7-10(11)15/h6-7,16H,2-5,15H2,1H3. The van der Waals surface area contributed by atoms with Crippen molar-refractivity contribution in [2.45, 2.75) is 43.0 Å². The summed E-state index contributed by atoms with van der Waals surface area (Å²) in [5, 5.41) is 0. The Morgan fingerprint density at radius 3 is 2.53 bits per heavy atom. The highest BCUT2D eigenvalue weighted by Crippen LogP contribution is 2.32. The molecule has 0 bridgehead atoms. The quantitative estimate of drug-likeness (QED) is 0.823. The molecule has 0 spiro atoms. The molecule has 0 aromatic heterocycles. The van der Waals surface area contributed by atoms with Crippen LogP contribution < -0.4 is 10.5 Å². The van der Waals surface area contributed by atoms with E-state index in [4.69, 9.17) is 5.73 Å². The van der Waals surface area contributed by atoms with E-state index in [9.17, 15) is 12.8 Å². The van der Waals surface area contributed by atoms with Gasteiger partial charge in [-0.1, -0.05) is 12.8 Å². The predicted octanol–water partition coefficient (Wildman–Crippen LogP) is 2.78. The average Bonchev–Trinajstić information content (AvgIpc) is 2.68. The summed E-state index contributed by atoms with van der Waals surface area (Å²) in [6, 6.07) is 2.21. The first-order chi connectivity index (χ1) is 8.73. The van der Waals surface area contributed by atoms with Crippen molar-refractivity contribution in [1.29, 1.82) is 0 Å². The Bertz CT molecular complexity index is 598. The lowest BCUT2D eigenvalue weighted by Crippen LogP contribution is -2.43. The van der Waals surface area contributed by atoms with Gasteiger partial charge in [0.05, 0.1) is 10.2 Å². The molecule has 4 nitrogen and oxygen atoms in total. The number of hydrogen-bond donors (Lipinski definition) is 2. The maximum atomic E-state index is 13.3. The van der Waals surface area contributed by atoms with E-state index < -0.39 is 21.4 Å². The van der Waals surface area contributed by atoms with E-state index >= 15 is 0 Å². The maximum absolute atomic E-state index is 13.3.